The molecule has 0 atom stereocenters. The Kier molecular flexibility index (Phi) is 3.01. The molecule has 0 saturated heterocycles. The summed E-state index contributed by atoms with van der Waals surface area (Å²) in [5.74, 6) is 0.117. The number of nitrogens with zero attached hydrogens (tertiary/aromatic N) is 2. The Hall–Kier alpha value is -1.13. The number of alkyl halides is 2. The maximum absolute atomic E-state index is 11.8. The summed E-state index contributed by atoms with van der Waals surface area (Å²) in [5, 5.41) is 3.82. The largest absolute Gasteiger partial charge is 0.417 e. The molecule has 3 nitrogen and oxygen atoms in total. The van der Waals surface area contributed by atoms with Gasteiger partial charge < -0.3 is 4.74 Å². The molecule has 0 bridgehead atoms. The molecule has 0 amide bonds. The molecule has 0 unspecified atom stereocenters. The fourth-order valence-electron chi connectivity index (χ4n) is 0.892. The highest BCUT2D eigenvalue weighted by molar-refractivity contribution is 5.07. The number of halogens is 2. The Morgan fingerprint density at radius 3 is 3.00 bits per heavy atom. The van der Waals surface area contributed by atoms with Gasteiger partial charge in [-0.15, -0.1) is 0 Å². The molecule has 0 saturated carbocycles. The van der Waals surface area contributed by atoms with Gasteiger partial charge in [0, 0.05) is 12.6 Å². The van der Waals surface area contributed by atoms with Crippen LogP contribution in [0.4, 0.5) is 8.78 Å². The van der Waals surface area contributed by atoms with E-state index in [4.69, 9.17) is 0 Å². The van der Waals surface area contributed by atoms with Crippen LogP contribution >= 0.6 is 0 Å². The van der Waals surface area contributed by atoms with Crippen molar-refractivity contribution >= 4 is 0 Å². The zero-order chi connectivity index (χ0) is 8.97. The van der Waals surface area contributed by atoms with Crippen molar-refractivity contribution in [1.82, 2.24) is 9.78 Å². The summed E-state index contributed by atoms with van der Waals surface area (Å²) in [6.45, 7) is -0.250. The van der Waals surface area contributed by atoms with E-state index in [9.17, 15) is 8.78 Å². The third-order valence-electron chi connectivity index (χ3n) is 1.32. The van der Waals surface area contributed by atoms with Crippen molar-refractivity contribution < 1.29 is 13.5 Å². The second-order valence-electron chi connectivity index (χ2n) is 2.27. The highest BCUT2D eigenvalue weighted by Crippen LogP contribution is 2.12. The number of aromatic nitrogens is 2. The van der Waals surface area contributed by atoms with Crippen LogP contribution in [-0.2, 0) is 6.54 Å². The van der Waals surface area contributed by atoms with E-state index in [1.165, 1.54) is 16.9 Å². The van der Waals surface area contributed by atoms with Crippen LogP contribution < -0.4 is 4.74 Å². The Labute approximate surface area is 68.9 Å². The molecule has 1 heterocycles. The van der Waals surface area contributed by atoms with Crippen LogP contribution in [0.5, 0.6) is 5.88 Å². The van der Waals surface area contributed by atoms with Crippen molar-refractivity contribution in [3.8, 4) is 5.88 Å². The molecule has 0 spiro atoms. The molecule has 0 N–H and O–H groups in total. The van der Waals surface area contributed by atoms with E-state index in [-0.39, 0.29) is 5.88 Å². The minimum Gasteiger partial charge on any atom is -0.417 e. The molecule has 0 aliphatic heterocycles. The monoisotopic (exact) mass is 176 g/mol. The van der Waals surface area contributed by atoms with Crippen molar-refractivity contribution in [2.24, 2.45) is 0 Å². The standard InChI is InChI=1S/C7H10F2N2O/c1-2-5-11-6(3-4-10-11)12-7(8)9/h3-4,7H,2,5H2,1H3. The van der Waals surface area contributed by atoms with Crippen molar-refractivity contribution in [2.75, 3.05) is 0 Å². The van der Waals surface area contributed by atoms with Crippen LogP contribution in [-0.4, -0.2) is 16.4 Å². The van der Waals surface area contributed by atoms with Crippen molar-refractivity contribution in [3.63, 3.8) is 0 Å². The third kappa shape index (κ3) is 2.18. The Balaban J connectivity index is 2.63. The van der Waals surface area contributed by atoms with Gasteiger partial charge in [-0.05, 0) is 6.42 Å². The highest BCUT2D eigenvalue weighted by Gasteiger charge is 2.08. The van der Waals surface area contributed by atoms with Gasteiger partial charge in [0.25, 0.3) is 0 Å². The fourth-order valence-corrected chi connectivity index (χ4v) is 0.892. The van der Waals surface area contributed by atoms with Gasteiger partial charge in [0.1, 0.15) is 0 Å². The summed E-state index contributed by atoms with van der Waals surface area (Å²) in [5.41, 5.74) is 0. The topological polar surface area (TPSA) is 27.1 Å². The van der Waals surface area contributed by atoms with E-state index in [2.05, 4.69) is 9.84 Å². The molecule has 5 heteroatoms. The van der Waals surface area contributed by atoms with Crippen LogP contribution in [0.15, 0.2) is 12.3 Å². The number of hydrogen-bond donors (Lipinski definition) is 0. The quantitative estimate of drug-likeness (QED) is 0.700. The molecule has 0 aromatic carbocycles. The lowest BCUT2D eigenvalue weighted by molar-refractivity contribution is -0.0558. The van der Waals surface area contributed by atoms with Crippen molar-refractivity contribution in [1.29, 1.82) is 0 Å². The van der Waals surface area contributed by atoms with Crippen LogP contribution in [0.3, 0.4) is 0 Å². The lowest BCUT2D eigenvalue weighted by atomic mass is 10.5. The first-order valence-electron chi connectivity index (χ1n) is 3.70. The van der Waals surface area contributed by atoms with E-state index in [0.29, 0.717) is 6.54 Å². The van der Waals surface area contributed by atoms with Gasteiger partial charge in [-0.3, -0.25) is 0 Å². The van der Waals surface area contributed by atoms with Crippen LogP contribution in [0.1, 0.15) is 13.3 Å². The minimum atomic E-state index is -2.78. The Morgan fingerprint density at radius 1 is 1.67 bits per heavy atom. The van der Waals surface area contributed by atoms with Gasteiger partial charge in [0.05, 0.1) is 6.20 Å². The number of aryl methyl sites for hydroxylation is 1. The molecule has 0 fully saturated rings. The lowest BCUT2D eigenvalue weighted by Gasteiger charge is -2.06. The summed E-state index contributed by atoms with van der Waals surface area (Å²) >= 11 is 0. The summed E-state index contributed by atoms with van der Waals surface area (Å²) in [6.07, 6.45) is 2.27. The normalized spacial score (nSPS) is 10.7. The van der Waals surface area contributed by atoms with E-state index < -0.39 is 6.61 Å². The molecule has 0 radical (unpaired) electrons. The molecular weight excluding hydrogens is 166 g/mol. The Morgan fingerprint density at radius 2 is 2.42 bits per heavy atom. The molecular formula is C7H10F2N2O. The van der Waals surface area contributed by atoms with E-state index >= 15 is 0 Å². The van der Waals surface area contributed by atoms with Gasteiger partial charge in [0.15, 0.2) is 0 Å². The van der Waals surface area contributed by atoms with E-state index in [0.717, 1.165) is 6.42 Å². The number of ether oxygens (including phenoxy) is 1. The highest BCUT2D eigenvalue weighted by atomic mass is 19.3. The minimum absolute atomic E-state index is 0.117. The van der Waals surface area contributed by atoms with Gasteiger partial charge in [-0.1, -0.05) is 6.92 Å². The van der Waals surface area contributed by atoms with Crippen LogP contribution in [0.2, 0.25) is 0 Å². The average molecular weight is 176 g/mol. The number of hydrogen-bond acceptors (Lipinski definition) is 2. The predicted octanol–water partition coefficient (Wildman–Crippen LogP) is 1.89. The molecule has 0 aliphatic carbocycles. The van der Waals surface area contributed by atoms with Crippen LogP contribution in [0.25, 0.3) is 0 Å². The molecule has 1 aromatic rings. The first kappa shape index (κ1) is 8.96. The average Bonchev–Trinajstić information content (AvgIpc) is 2.37. The Bertz CT molecular complexity index is 237. The first-order valence-corrected chi connectivity index (χ1v) is 3.70. The molecule has 0 aliphatic rings. The maximum atomic E-state index is 11.8. The second-order valence-corrected chi connectivity index (χ2v) is 2.27. The lowest BCUT2D eigenvalue weighted by Crippen LogP contribution is -2.08. The zero-order valence-electron chi connectivity index (χ0n) is 6.70. The first-order chi connectivity index (χ1) is 5.74. The van der Waals surface area contributed by atoms with Crippen molar-refractivity contribution in [3.05, 3.63) is 12.3 Å². The fraction of sp³-hybridized carbons (Fsp3) is 0.571. The van der Waals surface area contributed by atoms with E-state index in [1.807, 2.05) is 6.92 Å². The molecule has 12 heavy (non-hydrogen) atoms. The predicted molar refractivity (Wildman–Crippen MR) is 39.2 cm³/mol. The van der Waals surface area contributed by atoms with Gasteiger partial charge in [0.2, 0.25) is 5.88 Å². The summed E-state index contributed by atoms with van der Waals surface area (Å²) in [6, 6.07) is 1.42. The summed E-state index contributed by atoms with van der Waals surface area (Å²) in [7, 11) is 0. The smallest absolute Gasteiger partial charge is 0.388 e. The molecule has 68 valence electrons. The van der Waals surface area contributed by atoms with Crippen LogP contribution in [0, 0.1) is 0 Å². The molecule has 1 aromatic heterocycles. The van der Waals surface area contributed by atoms with Gasteiger partial charge in [-0.25, -0.2) is 4.68 Å². The SMILES string of the molecule is CCCn1nccc1OC(F)F. The maximum Gasteiger partial charge on any atom is 0.388 e. The van der Waals surface area contributed by atoms with Crippen molar-refractivity contribution in [2.45, 2.75) is 26.5 Å². The summed E-state index contributed by atoms with van der Waals surface area (Å²) < 4.78 is 29.1. The summed E-state index contributed by atoms with van der Waals surface area (Å²) in [4.78, 5) is 0. The van der Waals surface area contributed by atoms with Gasteiger partial charge in [-0.2, -0.15) is 13.9 Å². The molecule has 1 rings (SSSR count). The number of rotatable bonds is 4. The zero-order valence-corrected chi connectivity index (χ0v) is 6.70. The van der Waals surface area contributed by atoms with E-state index in [1.54, 1.807) is 0 Å². The van der Waals surface area contributed by atoms with Gasteiger partial charge >= 0.3 is 6.61 Å². The third-order valence-corrected chi connectivity index (χ3v) is 1.32. The second kappa shape index (κ2) is 4.04.